The van der Waals surface area contributed by atoms with Gasteiger partial charge in [0.1, 0.15) is 17.3 Å². The molecule has 0 unspecified atom stereocenters. The van der Waals surface area contributed by atoms with E-state index in [-0.39, 0.29) is 60.8 Å². The van der Waals surface area contributed by atoms with Gasteiger partial charge in [-0.15, -0.1) is 0 Å². The zero-order chi connectivity index (χ0) is 36.5. The second-order valence-corrected chi connectivity index (χ2v) is 16.9. The second-order valence-electron chi connectivity index (χ2n) is 16.9. The lowest BCUT2D eigenvalue weighted by atomic mass is 9.54. The number of allylic oxidation sites excluding steroid dienone is 5. The average Bonchev–Trinajstić information content (AvgIpc) is 3.01. The van der Waals surface area contributed by atoms with E-state index in [2.05, 4.69) is 0 Å². The fourth-order valence-corrected chi connectivity index (χ4v) is 8.93. The van der Waals surface area contributed by atoms with Crippen LogP contribution in [0.3, 0.4) is 0 Å². The van der Waals surface area contributed by atoms with Crippen LogP contribution in [0, 0.1) is 40.9 Å². The minimum Gasteiger partial charge on any atom is -0.469 e. The van der Waals surface area contributed by atoms with Crippen LogP contribution in [0.25, 0.3) is 0 Å². The Morgan fingerprint density at radius 3 is 2.22 bits per heavy atom. The Balaban J connectivity index is 1.97. The maximum atomic E-state index is 14.6. The standard InChI is InChI=1S/C41H62O8/c1-24(2)30-22-33(42)27(5)12-10-11-25(3)20-34(43)32-21-28(6)29-15-17-39(7,46)37-16-18-40(8,47)36(49-37)14-13-26(4)19-31(29)41(32,23-35(30)44)38(45)48-9/h15,19,21,24-25,27,30-32,36-37,46-47H,10-14,16-18,20,22-23H2,1-9H3/b26-19-,29-15+/t25-,27+,30+,31+,32+,36+,37+,39-,40+,41-/m1/s1. The molecule has 2 heterocycles. The monoisotopic (exact) mass is 682 g/mol. The highest BCUT2D eigenvalue weighted by atomic mass is 16.5. The number of carbonyl (C=O) groups is 4. The highest BCUT2D eigenvalue weighted by Crippen LogP contribution is 2.54. The third kappa shape index (κ3) is 8.39. The summed E-state index contributed by atoms with van der Waals surface area (Å²) in [5, 5.41) is 23.1. The predicted octanol–water partition coefficient (Wildman–Crippen LogP) is 7.05. The molecule has 2 bridgehead atoms. The van der Waals surface area contributed by atoms with E-state index in [0.717, 1.165) is 36.0 Å². The van der Waals surface area contributed by atoms with Crippen LogP contribution in [0.4, 0.5) is 0 Å². The second kappa shape index (κ2) is 15.4. The molecule has 0 spiro atoms. The molecule has 10 atom stereocenters. The van der Waals surface area contributed by atoms with Gasteiger partial charge in [0.25, 0.3) is 0 Å². The van der Waals surface area contributed by atoms with Gasteiger partial charge in [0, 0.05) is 37.0 Å². The summed E-state index contributed by atoms with van der Waals surface area (Å²) in [6.45, 7) is 15.3. The third-order valence-electron chi connectivity index (χ3n) is 12.4. The van der Waals surface area contributed by atoms with Crippen LogP contribution in [-0.2, 0) is 28.7 Å². The van der Waals surface area contributed by atoms with Crippen LogP contribution >= 0.6 is 0 Å². The maximum absolute atomic E-state index is 14.6. The van der Waals surface area contributed by atoms with Gasteiger partial charge in [0.05, 0.1) is 41.9 Å². The molecule has 2 N–H and O–H groups in total. The fourth-order valence-electron chi connectivity index (χ4n) is 8.93. The molecule has 8 heteroatoms. The minimum absolute atomic E-state index is 0.0359. The molecule has 49 heavy (non-hydrogen) atoms. The summed E-state index contributed by atoms with van der Waals surface area (Å²) in [6.07, 6.45) is 9.50. The summed E-state index contributed by atoms with van der Waals surface area (Å²) in [5.41, 5.74) is -1.36. The van der Waals surface area contributed by atoms with Crippen molar-refractivity contribution >= 4 is 23.3 Å². The molecule has 0 aromatic rings. The molecule has 8 nitrogen and oxygen atoms in total. The zero-order valence-electron chi connectivity index (χ0n) is 31.5. The molecular weight excluding hydrogens is 620 g/mol. The van der Waals surface area contributed by atoms with E-state index in [1.165, 1.54) is 7.11 Å². The van der Waals surface area contributed by atoms with Crippen molar-refractivity contribution in [2.75, 3.05) is 7.11 Å². The van der Waals surface area contributed by atoms with Gasteiger partial charge in [-0.05, 0) is 83.6 Å². The van der Waals surface area contributed by atoms with Gasteiger partial charge >= 0.3 is 5.97 Å². The Morgan fingerprint density at radius 2 is 1.57 bits per heavy atom. The molecule has 2 aliphatic carbocycles. The lowest BCUT2D eigenvalue weighted by molar-refractivity contribution is -0.214. The number of ketones is 3. The van der Waals surface area contributed by atoms with Crippen molar-refractivity contribution in [3.63, 3.8) is 0 Å². The van der Waals surface area contributed by atoms with Crippen molar-refractivity contribution in [1.82, 2.24) is 0 Å². The molecule has 4 rings (SSSR count). The summed E-state index contributed by atoms with van der Waals surface area (Å²) >= 11 is 0. The first-order chi connectivity index (χ1) is 22.8. The molecule has 1 saturated heterocycles. The fraction of sp³-hybridized carbons (Fsp3) is 0.756. The van der Waals surface area contributed by atoms with E-state index in [9.17, 15) is 29.4 Å². The molecule has 274 valence electrons. The van der Waals surface area contributed by atoms with Gasteiger partial charge in [0.2, 0.25) is 0 Å². The van der Waals surface area contributed by atoms with Gasteiger partial charge in [-0.1, -0.05) is 69.9 Å². The van der Waals surface area contributed by atoms with Crippen LogP contribution < -0.4 is 0 Å². The molecule has 0 aromatic heterocycles. The van der Waals surface area contributed by atoms with Gasteiger partial charge < -0.3 is 19.7 Å². The predicted molar refractivity (Wildman–Crippen MR) is 189 cm³/mol. The number of ether oxygens (including phenoxy) is 2. The molecule has 2 aliphatic heterocycles. The Kier molecular flexibility index (Phi) is 12.4. The number of rotatable bonds is 2. The Labute approximate surface area is 294 Å². The molecule has 0 radical (unpaired) electrons. The maximum Gasteiger partial charge on any atom is 0.314 e. The average molecular weight is 683 g/mol. The lowest BCUT2D eigenvalue weighted by Crippen LogP contribution is -2.54. The number of carbonyl (C=O) groups excluding carboxylic acids is 4. The number of esters is 1. The molecule has 4 aliphatic rings. The summed E-state index contributed by atoms with van der Waals surface area (Å²) in [6, 6.07) is 0. The van der Waals surface area contributed by atoms with Crippen molar-refractivity contribution in [3.05, 3.63) is 34.9 Å². The topological polar surface area (TPSA) is 127 Å². The number of fused-ring (bicyclic) bond motifs is 5. The van der Waals surface area contributed by atoms with Crippen LogP contribution in [-0.4, -0.2) is 64.1 Å². The van der Waals surface area contributed by atoms with Crippen LogP contribution in [0.1, 0.15) is 126 Å². The highest BCUT2D eigenvalue weighted by molar-refractivity contribution is 5.98. The van der Waals surface area contributed by atoms with Crippen LogP contribution in [0.2, 0.25) is 0 Å². The van der Waals surface area contributed by atoms with E-state index in [0.29, 0.717) is 25.7 Å². The van der Waals surface area contributed by atoms with E-state index in [1.54, 1.807) is 13.8 Å². The summed E-state index contributed by atoms with van der Waals surface area (Å²) in [4.78, 5) is 57.2. The molecule has 0 amide bonds. The molecule has 2 fully saturated rings. The SMILES string of the molecule is COC(=O)[C@@]12CC(=O)[C@H](C(C)C)CC(=O)[C@@H](C)CCC[C@@H](C)CC(=O)[C@@H]1C=C(C)/C1=C\C[C@@](C)(O)[C@@H]3CC[C@](C)(O)[C@H](CC/C(C)=C\[C@@H]12)O3. The lowest BCUT2D eigenvalue weighted by Gasteiger charge is -2.48. The van der Waals surface area contributed by atoms with Gasteiger partial charge in [-0.25, -0.2) is 0 Å². The van der Waals surface area contributed by atoms with E-state index in [1.807, 2.05) is 59.8 Å². The first-order valence-corrected chi connectivity index (χ1v) is 18.7. The van der Waals surface area contributed by atoms with Crippen molar-refractivity contribution in [3.8, 4) is 0 Å². The molecular formula is C41H62O8. The van der Waals surface area contributed by atoms with Gasteiger partial charge in [-0.2, -0.15) is 0 Å². The summed E-state index contributed by atoms with van der Waals surface area (Å²) in [7, 11) is 1.31. The van der Waals surface area contributed by atoms with Crippen molar-refractivity contribution in [2.45, 2.75) is 149 Å². The van der Waals surface area contributed by atoms with E-state index in [4.69, 9.17) is 9.47 Å². The van der Waals surface area contributed by atoms with Crippen LogP contribution in [0.5, 0.6) is 0 Å². The zero-order valence-corrected chi connectivity index (χ0v) is 31.5. The van der Waals surface area contributed by atoms with Gasteiger partial charge in [0.15, 0.2) is 0 Å². The van der Waals surface area contributed by atoms with Crippen molar-refractivity contribution < 1.29 is 38.9 Å². The number of aliphatic hydroxyl groups is 2. The quantitative estimate of drug-likeness (QED) is 0.234. The van der Waals surface area contributed by atoms with Crippen molar-refractivity contribution in [2.24, 2.45) is 40.9 Å². The number of hydrogen-bond donors (Lipinski definition) is 2. The highest BCUT2D eigenvalue weighted by Gasteiger charge is 2.58. The summed E-state index contributed by atoms with van der Waals surface area (Å²) in [5.74, 6) is -3.38. The first-order valence-electron chi connectivity index (χ1n) is 18.7. The Hall–Kier alpha value is -2.42. The molecule has 1 saturated carbocycles. The van der Waals surface area contributed by atoms with E-state index >= 15 is 0 Å². The normalized spacial score (nSPS) is 42.5. The largest absolute Gasteiger partial charge is 0.469 e. The van der Waals surface area contributed by atoms with E-state index < -0.39 is 52.5 Å². The number of hydrogen-bond acceptors (Lipinski definition) is 8. The minimum atomic E-state index is -1.59. The first kappa shape index (κ1) is 39.4. The number of methoxy groups -OCH3 is 1. The number of Topliss-reactive ketones (excluding diaryl/α,β-unsaturated/α-hetero) is 3. The Bertz CT molecular complexity index is 1360. The van der Waals surface area contributed by atoms with Crippen molar-refractivity contribution in [1.29, 1.82) is 0 Å². The third-order valence-corrected chi connectivity index (χ3v) is 12.4. The van der Waals surface area contributed by atoms with Gasteiger partial charge in [-0.3, -0.25) is 19.2 Å². The molecule has 0 aromatic carbocycles. The Morgan fingerprint density at radius 1 is 0.898 bits per heavy atom. The summed E-state index contributed by atoms with van der Waals surface area (Å²) < 4.78 is 12.0. The van der Waals surface area contributed by atoms with Crippen LogP contribution in [0.15, 0.2) is 34.9 Å². The smallest absolute Gasteiger partial charge is 0.314 e.